The molecule has 1 saturated heterocycles. The highest BCUT2D eigenvalue weighted by Crippen LogP contribution is 2.35. The van der Waals surface area contributed by atoms with Gasteiger partial charge in [-0.2, -0.15) is 13.2 Å². The van der Waals surface area contributed by atoms with Crippen molar-refractivity contribution in [2.75, 3.05) is 18.0 Å². The van der Waals surface area contributed by atoms with Crippen LogP contribution in [0.3, 0.4) is 0 Å². The fourth-order valence-corrected chi connectivity index (χ4v) is 5.42. The average Bonchev–Trinajstić information content (AvgIpc) is 3.24. The molecular weight excluding hydrogens is 552 g/mol. The highest BCUT2D eigenvalue weighted by atomic mass is 35.5. The number of halogens is 5. The molecule has 0 amide bonds. The van der Waals surface area contributed by atoms with Gasteiger partial charge in [0.05, 0.1) is 5.02 Å². The SMILES string of the molecule is O=S(=O)(NC1CCN(c2ncnc3c2nc(-c2ccccc2Cl)n3-c2ccc(Cl)cc2)CC1)C(F)(F)F. The Morgan fingerprint density at radius 2 is 1.65 bits per heavy atom. The lowest BCUT2D eigenvalue weighted by molar-refractivity contribution is -0.0451. The molecule has 0 unspecified atom stereocenters. The molecule has 5 rings (SSSR count). The van der Waals surface area contributed by atoms with E-state index in [-0.39, 0.29) is 25.9 Å². The van der Waals surface area contributed by atoms with Crippen LogP contribution in [0.4, 0.5) is 19.0 Å². The van der Waals surface area contributed by atoms with Crippen LogP contribution in [0.5, 0.6) is 0 Å². The van der Waals surface area contributed by atoms with Crippen LogP contribution >= 0.6 is 23.2 Å². The van der Waals surface area contributed by atoms with Crippen LogP contribution in [-0.2, 0) is 10.0 Å². The summed E-state index contributed by atoms with van der Waals surface area (Å²) >= 11 is 12.6. The zero-order chi connectivity index (χ0) is 26.4. The zero-order valence-corrected chi connectivity index (χ0v) is 21.3. The predicted octanol–water partition coefficient (Wildman–Crippen LogP) is 5.20. The van der Waals surface area contributed by atoms with E-state index in [1.807, 2.05) is 39.8 Å². The third-order valence-electron chi connectivity index (χ3n) is 6.05. The van der Waals surface area contributed by atoms with Crippen LogP contribution in [0.15, 0.2) is 54.9 Å². The molecule has 3 heterocycles. The minimum Gasteiger partial charge on any atom is -0.355 e. The molecule has 0 aliphatic carbocycles. The number of piperidine rings is 1. The van der Waals surface area contributed by atoms with Crippen molar-refractivity contribution in [2.24, 2.45) is 0 Å². The molecule has 0 radical (unpaired) electrons. The number of alkyl halides is 3. The molecule has 0 bridgehead atoms. The molecule has 37 heavy (non-hydrogen) atoms. The van der Waals surface area contributed by atoms with Gasteiger partial charge in [-0.1, -0.05) is 35.3 Å². The Hall–Kier alpha value is -2.93. The van der Waals surface area contributed by atoms with E-state index in [1.54, 1.807) is 22.9 Å². The molecule has 2 aromatic carbocycles. The molecule has 0 saturated carbocycles. The third-order valence-corrected chi connectivity index (χ3v) is 7.88. The number of rotatable bonds is 5. The van der Waals surface area contributed by atoms with Gasteiger partial charge in [0.15, 0.2) is 17.0 Å². The maximum Gasteiger partial charge on any atom is 0.511 e. The van der Waals surface area contributed by atoms with Crippen molar-refractivity contribution >= 4 is 50.2 Å². The molecule has 14 heteroatoms. The Morgan fingerprint density at radius 3 is 2.30 bits per heavy atom. The molecule has 1 N–H and O–H groups in total. The van der Waals surface area contributed by atoms with Gasteiger partial charge in [0.25, 0.3) is 0 Å². The summed E-state index contributed by atoms with van der Waals surface area (Å²) in [7, 11) is -5.42. The first kappa shape index (κ1) is 25.7. The van der Waals surface area contributed by atoms with E-state index in [0.29, 0.717) is 38.4 Å². The summed E-state index contributed by atoms with van der Waals surface area (Å²) in [5.41, 5.74) is -2.97. The number of anilines is 1. The van der Waals surface area contributed by atoms with Gasteiger partial charge in [-0.3, -0.25) is 4.57 Å². The fraction of sp³-hybridized carbons (Fsp3) is 0.261. The molecule has 1 aliphatic rings. The summed E-state index contributed by atoms with van der Waals surface area (Å²) in [5.74, 6) is 1.01. The lowest BCUT2D eigenvalue weighted by Gasteiger charge is -2.33. The van der Waals surface area contributed by atoms with Crippen LogP contribution < -0.4 is 9.62 Å². The highest BCUT2D eigenvalue weighted by Gasteiger charge is 2.47. The van der Waals surface area contributed by atoms with Gasteiger partial charge in [0, 0.05) is 35.4 Å². The van der Waals surface area contributed by atoms with Crippen molar-refractivity contribution in [3.63, 3.8) is 0 Å². The number of fused-ring (bicyclic) bond motifs is 1. The van der Waals surface area contributed by atoms with Crippen LogP contribution in [0.2, 0.25) is 10.0 Å². The first-order valence-electron chi connectivity index (χ1n) is 11.1. The molecular formula is C23H19Cl2F3N6O2S. The Balaban J connectivity index is 1.53. The highest BCUT2D eigenvalue weighted by molar-refractivity contribution is 7.90. The van der Waals surface area contributed by atoms with E-state index >= 15 is 0 Å². The smallest absolute Gasteiger partial charge is 0.355 e. The lowest BCUT2D eigenvalue weighted by Crippen LogP contribution is -2.48. The monoisotopic (exact) mass is 570 g/mol. The van der Waals surface area contributed by atoms with E-state index in [1.165, 1.54) is 6.33 Å². The van der Waals surface area contributed by atoms with Gasteiger partial charge < -0.3 is 4.90 Å². The van der Waals surface area contributed by atoms with Gasteiger partial charge in [-0.25, -0.2) is 28.1 Å². The third kappa shape index (κ3) is 4.98. The number of benzene rings is 2. The number of hydrogen-bond acceptors (Lipinski definition) is 6. The van der Waals surface area contributed by atoms with Gasteiger partial charge in [-0.05, 0) is 49.2 Å². The van der Waals surface area contributed by atoms with Crippen LogP contribution in [0, 0.1) is 0 Å². The molecule has 2 aromatic heterocycles. The normalized spacial score (nSPS) is 15.4. The minimum atomic E-state index is -5.42. The predicted molar refractivity (Wildman–Crippen MR) is 135 cm³/mol. The Labute approximate surface area is 220 Å². The standard InChI is InChI=1S/C23H19Cl2F3N6O2S/c24-14-5-7-16(8-6-14)34-20(17-3-1-2-4-18(17)25)31-19-21(29-13-30-22(19)34)33-11-9-15(10-12-33)32-37(35,36)23(26,27)28/h1-8,13,15,32H,9-12H2. The Morgan fingerprint density at radius 1 is 0.973 bits per heavy atom. The molecule has 1 aliphatic heterocycles. The second-order valence-electron chi connectivity index (χ2n) is 8.42. The number of nitrogens with one attached hydrogen (secondary N) is 1. The van der Waals surface area contributed by atoms with Gasteiger partial charge in [0.1, 0.15) is 12.2 Å². The van der Waals surface area contributed by atoms with E-state index in [2.05, 4.69) is 9.97 Å². The van der Waals surface area contributed by atoms with Gasteiger partial charge >= 0.3 is 15.5 Å². The largest absolute Gasteiger partial charge is 0.511 e. The van der Waals surface area contributed by atoms with Crippen LogP contribution in [0.25, 0.3) is 28.2 Å². The zero-order valence-electron chi connectivity index (χ0n) is 19.0. The average molecular weight is 571 g/mol. The molecule has 8 nitrogen and oxygen atoms in total. The Bertz CT molecular complexity index is 1550. The van der Waals surface area contributed by atoms with E-state index in [4.69, 9.17) is 28.2 Å². The number of hydrogen-bond donors (Lipinski definition) is 1. The summed E-state index contributed by atoms with van der Waals surface area (Å²) in [5, 5.41) is 1.05. The first-order chi connectivity index (χ1) is 17.5. The van der Waals surface area contributed by atoms with Crippen molar-refractivity contribution in [1.29, 1.82) is 0 Å². The summed E-state index contributed by atoms with van der Waals surface area (Å²) < 4.78 is 64.9. The van der Waals surface area contributed by atoms with Gasteiger partial charge in [-0.15, -0.1) is 0 Å². The van der Waals surface area contributed by atoms with E-state index in [0.717, 1.165) is 5.69 Å². The first-order valence-corrected chi connectivity index (χ1v) is 13.4. The van der Waals surface area contributed by atoms with E-state index in [9.17, 15) is 21.6 Å². The summed E-state index contributed by atoms with van der Waals surface area (Å²) in [6.45, 7) is 0.540. The van der Waals surface area contributed by atoms with Crippen LogP contribution in [0.1, 0.15) is 12.8 Å². The fourth-order valence-electron chi connectivity index (χ4n) is 4.27. The topological polar surface area (TPSA) is 93.0 Å². The minimum absolute atomic E-state index is 0.163. The van der Waals surface area contributed by atoms with Crippen molar-refractivity contribution in [3.8, 4) is 17.1 Å². The number of imidazole rings is 1. The van der Waals surface area contributed by atoms with Crippen molar-refractivity contribution in [3.05, 3.63) is 64.9 Å². The molecule has 1 fully saturated rings. The van der Waals surface area contributed by atoms with Crippen LogP contribution in [-0.4, -0.2) is 52.6 Å². The quantitative estimate of drug-likeness (QED) is 0.354. The molecule has 0 atom stereocenters. The molecule has 0 spiro atoms. The second kappa shape index (κ2) is 9.75. The number of aromatic nitrogens is 4. The van der Waals surface area contributed by atoms with Crippen molar-refractivity contribution in [1.82, 2.24) is 24.2 Å². The molecule has 194 valence electrons. The number of sulfonamides is 1. The summed E-state index contributed by atoms with van der Waals surface area (Å²) in [4.78, 5) is 15.6. The second-order valence-corrected chi connectivity index (χ2v) is 11.0. The van der Waals surface area contributed by atoms with Gasteiger partial charge in [0.2, 0.25) is 0 Å². The maximum atomic E-state index is 12.8. The Kier molecular flexibility index (Phi) is 6.77. The van der Waals surface area contributed by atoms with Crippen molar-refractivity contribution < 1.29 is 21.6 Å². The molecule has 4 aromatic rings. The lowest BCUT2D eigenvalue weighted by atomic mass is 10.1. The maximum absolute atomic E-state index is 12.8. The summed E-state index contributed by atoms with van der Waals surface area (Å²) in [6.07, 6.45) is 1.72. The van der Waals surface area contributed by atoms with Crippen molar-refractivity contribution in [2.45, 2.75) is 24.4 Å². The number of nitrogens with zero attached hydrogens (tertiary/aromatic N) is 5. The summed E-state index contributed by atoms with van der Waals surface area (Å²) in [6, 6.07) is 13.5. The van der Waals surface area contributed by atoms with E-state index < -0.39 is 21.6 Å².